The van der Waals surface area contributed by atoms with Crippen LogP contribution in [0.3, 0.4) is 0 Å². The van der Waals surface area contributed by atoms with E-state index >= 15 is 0 Å². The molecule has 0 spiro atoms. The molecule has 0 amide bonds. The maximum atomic E-state index is 5.47. The zero-order valence-electron chi connectivity index (χ0n) is 12.0. The van der Waals surface area contributed by atoms with Gasteiger partial charge >= 0.3 is 0 Å². The van der Waals surface area contributed by atoms with E-state index in [9.17, 15) is 0 Å². The van der Waals surface area contributed by atoms with E-state index in [0.717, 1.165) is 37.1 Å². The van der Waals surface area contributed by atoms with Gasteiger partial charge in [0.25, 0.3) is 0 Å². The largest absolute Gasteiger partial charge is 0.339 e. The first-order chi connectivity index (χ1) is 9.86. The summed E-state index contributed by atoms with van der Waals surface area (Å²) in [4.78, 5) is 4.66. The molecule has 0 saturated carbocycles. The van der Waals surface area contributed by atoms with E-state index in [4.69, 9.17) is 4.52 Å². The summed E-state index contributed by atoms with van der Waals surface area (Å²) in [6, 6.07) is 0. The van der Waals surface area contributed by atoms with Crippen LogP contribution < -0.4 is 5.32 Å². The summed E-state index contributed by atoms with van der Waals surface area (Å²) < 4.78 is 5.47. The standard InChI is InChI=1S/C14H23N3OS2/c1-2-11-13(20-8-7-19-11)14-16-12(18-17-14)4-3-10-5-6-15-9-10/h10-11,13,15H,2-9H2,1H3. The zero-order valence-corrected chi connectivity index (χ0v) is 13.6. The molecule has 20 heavy (non-hydrogen) atoms. The highest BCUT2D eigenvalue weighted by molar-refractivity contribution is 8.06. The Labute approximate surface area is 129 Å². The quantitative estimate of drug-likeness (QED) is 0.902. The Hall–Kier alpha value is -0.200. The maximum absolute atomic E-state index is 5.47. The minimum atomic E-state index is 0.421. The highest BCUT2D eigenvalue weighted by Crippen LogP contribution is 2.42. The molecule has 0 aliphatic carbocycles. The lowest BCUT2D eigenvalue weighted by Gasteiger charge is -2.27. The maximum Gasteiger partial charge on any atom is 0.226 e. The fourth-order valence-corrected chi connectivity index (χ4v) is 5.90. The molecule has 6 heteroatoms. The molecule has 1 N–H and O–H groups in total. The molecule has 2 aliphatic rings. The minimum absolute atomic E-state index is 0.421. The Kier molecular flexibility index (Phi) is 5.29. The van der Waals surface area contributed by atoms with Crippen molar-refractivity contribution in [3.05, 3.63) is 11.7 Å². The van der Waals surface area contributed by atoms with E-state index in [1.807, 2.05) is 11.8 Å². The van der Waals surface area contributed by atoms with Gasteiger partial charge < -0.3 is 9.84 Å². The van der Waals surface area contributed by atoms with Crippen molar-refractivity contribution in [3.8, 4) is 0 Å². The van der Waals surface area contributed by atoms with Crippen LogP contribution in [0.5, 0.6) is 0 Å². The van der Waals surface area contributed by atoms with E-state index in [1.165, 1.54) is 30.8 Å². The number of hydrogen-bond acceptors (Lipinski definition) is 6. The van der Waals surface area contributed by atoms with Crippen molar-refractivity contribution in [1.29, 1.82) is 0 Å². The highest BCUT2D eigenvalue weighted by Gasteiger charge is 2.30. The van der Waals surface area contributed by atoms with Crippen LogP contribution in [0.15, 0.2) is 4.52 Å². The minimum Gasteiger partial charge on any atom is -0.339 e. The second-order valence-corrected chi connectivity index (χ2v) is 8.15. The smallest absolute Gasteiger partial charge is 0.226 e. The van der Waals surface area contributed by atoms with Gasteiger partial charge in [0, 0.05) is 23.2 Å². The fraction of sp³-hybridized carbons (Fsp3) is 0.857. The predicted octanol–water partition coefficient (Wildman–Crippen LogP) is 2.91. The summed E-state index contributed by atoms with van der Waals surface area (Å²) >= 11 is 4.05. The number of aromatic nitrogens is 2. The van der Waals surface area contributed by atoms with Crippen molar-refractivity contribution in [1.82, 2.24) is 15.5 Å². The summed E-state index contributed by atoms with van der Waals surface area (Å²) in [7, 11) is 0. The summed E-state index contributed by atoms with van der Waals surface area (Å²) in [6.07, 6.45) is 4.56. The Morgan fingerprint density at radius 2 is 2.25 bits per heavy atom. The number of hydrogen-bond donors (Lipinski definition) is 1. The first kappa shape index (κ1) is 14.7. The Bertz CT molecular complexity index is 420. The lowest BCUT2D eigenvalue weighted by molar-refractivity contribution is 0.360. The number of thioether (sulfide) groups is 2. The van der Waals surface area contributed by atoms with E-state index < -0.39 is 0 Å². The third-order valence-corrected chi connectivity index (χ3v) is 7.36. The van der Waals surface area contributed by atoms with Crippen molar-refractivity contribution in [2.75, 3.05) is 24.6 Å². The van der Waals surface area contributed by atoms with E-state index in [0.29, 0.717) is 10.5 Å². The Balaban J connectivity index is 1.57. The molecule has 2 aliphatic heterocycles. The lowest BCUT2D eigenvalue weighted by atomic mass is 10.0. The van der Waals surface area contributed by atoms with Crippen LogP contribution in [-0.2, 0) is 6.42 Å². The summed E-state index contributed by atoms with van der Waals surface area (Å²) in [5, 5.41) is 8.71. The monoisotopic (exact) mass is 313 g/mol. The van der Waals surface area contributed by atoms with Crippen molar-refractivity contribution in [3.63, 3.8) is 0 Å². The van der Waals surface area contributed by atoms with Crippen LogP contribution in [0.2, 0.25) is 0 Å². The molecule has 3 unspecified atom stereocenters. The van der Waals surface area contributed by atoms with Gasteiger partial charge in [-0.05, 0) is 38.3 Å². The molecule has 0 bridgehead atoms. The van der Waals surface area contributed by atoms with Crippen LogP contribution in [-0.4, -0.2) is 40.0 Å². The molecule has 3 heterocycles. The van der Waals surface area contributed by atoms with Gasteiger partial charge in [-0.2, -0.15) is 16.7 Å². The van der Waals surface area contributed by atoms with Gasteiger partial charge in [0.1, 0.15) is 0 Å². The van der Waals surface area contributed by atoms with Crippen LogP contribution in [0, 0.1) is 5.92 Å². The molecule has 3 rings (SSSR count). The van der Waals surface area contributed by atoms with Crippen molar-refractivity contribution >= 4 is 23.5 Å². The van der Waals surface area contributed by atoms with Gasteiger partial charge in [-0.15, -0.1) is 11.8 Å². The predicted molar refractivity (Wildman–Crippen MR) is 85.3 cm³/mol. The van der Waals surface area contributed by atoms with Crippen LogP contribution >= 0.6 is 23.5 Å². The van der Waals surface area contributed by atoms with Gasteiger partial charge in [-0.3, -0.25) is 0 Å². The van der Waals surface area contributed by atoms with Gasteiger partial charge in [-0.25, -0.2) is 0 Å². The number of nitrogens with zero attached hydrogens (tertiary/aromatic N) is 2. The molecule has 4 nitrogen and oxygen atoms in total. The third kappa shape index (κ3) is 3.52. The average molecular weight is 313 g/mol. The van der Waals surface area contributed by atoms with Crippen molar-refractivity contribution < 1.29 is 4.52 Å². The van der Waals surface area contributed by atoms with Gasteiger partial charge in [-0.1, -0.05) is 12.1 Å². The summed E-state index contributed by atoms with van der Waals surface area (Å²) in [5.74, 6) is 4.99. The number of aryl methyl sites for hydroxylation is 1. The third-order valence-electron chi connectivity index (χ3n) is 4.12. The van der Waals surface area contributed by atoms with Gasteiger partial charge in [0.15, 0.2) is 5.82 Å². The highest BCUT2D eigenvalue weighted by atomic mass is 32.2. The molecule has 2 saturated heterocycles. The van der Waals surface area contributed by atoms with Gasteiger partial charge in [0.2, 0.25) is 5.89 Å². The average Bonchev–Trinajstić information content (AvgIpc) is 3.16. The second kappa shape index (κ2) is 7.18. The fourth-order valence-electron chi connectivity index (χ4n) is 2.92. The van der Waals surface area contributed by atoms with E-state index in [-0.39, 0.29) is 0 Å². The van der Waals surface area contributed by atoms with E-state index in [2.05, 4.69) is 34.1 Å². The molecule has 1 aromatic rings. The van der Waals surface area contributed by atoms with Crippen LogP contribution in [0.4, 0.5) is 0 Å². The van der Waals surface area contributed by atoms with E-state index in [1.54, 1.807) is 0 Å². The first-order valence-electron chi connectivity index (χ1n) is 7.63. The summed E-state index contributed by atoms with van der Waals surface area (Å²) in [5.41, 5.74) is 0. The SMILES string of the molecule is CCC1SCCSC1c1noc(CCC2CCNC2)n1. The molecule has 2 fully saturated rings. The van der Waals surface area contributed by atoms with Crippen LogP contribution in [0.25, 0.3) is 0 Å². The Morgan fingerprint density at radius 3 is 3.05 bits per heavy atom. The molecule has 3 atom stereocenters. The first-order valence-corrected chi connectivity index (χ1v) is 9.73. The topological polar surface area (TPSA) is 51.0 Å². The Morgan fingerprint density at radius 1 is 1.35 bits per heavy atom. The molecule has 0 radical (unpaired) electrons. The van der Waals surface area contributed by atoms with Gasteiger partial charge in [0.05, 0.1) is 5.25 Å². The molecular weight excluding hydrogens is 290 g/mol. The van der Waals surface area contributed by atoms with Crippen molar-refractivity contribution in [2.45, 2.75) is 43.1 Å². The number of nitrogens with one attached hydrogen (secondary N) is 1. The molecule has 1 aromatic heterocycles. The molecule has 0 aromatic carbocycles. The molecular formula is C14H23N3OS2. The number of rotatable bonds is 5. The summed E-state index contributed by atoms with van der Waals surface area (Å²) in [6.45, 7) is 4.56. The zero-order chi connectivity index (χ0) is 13.8. The lowest BCUT2D eigenvalue weighted by Crippen LogP contribution is -2.19. The van der Waals surface area contributed by atoms with Crippen molar-refractivity contribution in [2.24, 2.45) is 5.92 Å². The normalized spacial score (nSPS) is 30.8. The second-order valence-electron chi connectivity index (χ2n) is 5.55. The van der Waals surface area contributed by atoms with Crippen LogP contribution in [0.1, 0.15) is 43.2 Å². The molecule has 112 valence electrons.